The van der Waals surface area contributed by atoms with Crippen molar-refractivity contribution in [2.75, 3.05) is 12.6 Å². The van der Waals surface area contributed by atoms with E-state index in [0.717, 1.165) is 0 Å². The molecule has 0 fully saturated rings. The summed E-state index contributed by atoms with van der Waals surface area (Å²) in [5.74, 6) is -1.26. The molecule has 0 radical (unpaired) electrons. The van der Waals surface area contributed by atoms with Gasteiger partial charge in [0, 0.05) is 6.07 Å². The Morgan fingerprint density at radius 3 is 2.81 bits per heavy atom. The number of carboxylic acid groups (broad SMARTS) is 1. The molecule has 106 valence electrons. The summed E-state index contributed by atoms with van der Waals surface area (Å²) in [4.78, 5) is 32.3. The first kappa shape index (κ1) is 13.1. The largest absolute Gasteiger partial charge is 0.478 e. The van der Waals surface area contributed by atoms with Crippen LogP contribution in [0.3, 0.4) is 0 Å². The van der Waals surface area contributed by atoms with Crippen molar-refractivity contribution < 1.29 is 19.2 Å². The summed E-state index contributed by atoms with van der Waals surface area (Å²) in [6.45, 7) is 0. The highest BCUT2D eigenvalue weighted by atomic mass is 16.6. The van der Waals surface area contributed by atoms with Gasteiger partial charge in [-0.2, -0.15) is 0 Å². The summed E-state index contributed by atoms with van der Waals surface area (Å²) in [7, 11) is 1.32. The number of rotatable bonds is 3. The van der Waals surface area contributed by atoms with Crippen molar-refractivity contribution in [2.24, 2.45) is 0 Å². The number of anilines is 1. The maximum absolute atomic E-state index is 12.4. The maximum Gasteiger partial charge on any atom is 0.339 e. The molecule has 0 aliphatic heterocycles. The molecule has 0 saturated carbocycles. The summed E-state index contributed by atoms with van der Waals surface area (Å²) in [6, 6.07) is 7.95. The van der Waals surface area contributed by atoms with Gasteiger partial charge in [-0.05, 0) is 12.1 Å². The van der Waals surface area contributed by atoms with Crippen LogP contribution in [0.2, 0.25) is 0 Å². The molecule has 0 unspecified atom stereocenters. The zero-order chi connectivity index (χ0) is 15.0. The van der Waals surface area contributed by atoms with E-state index < -0.39 is 5.97 Å². The van der Waals surface area contributed by atoms with E-state index in [1.165, 1.54) is 13.2 Å². The van der Waals surface area contributed by atoms with E-state index in [1.807, 2.05) is 0 Å². The van der Waals surface area contributed by atoms with Crippen LogP contribution in [0, 0.1) is 0 Å². The van der Waals surface area contributed by atoms with Gasteiger partial charge in [-0.15, -0.1) is 0 Å². The van der Waals surface area contributed by atoms with Gasteiger partial charge in [-0.3, -0.25) is 9.63 Å². The van der Waals surface area contributed by atoms with E-state index in [0.29, 0.717) is 11.0 Å². The monoisotopic (exact) mass is 286 g/mol. The molecule has 1 aromatic carbocycles. The molecule has 7 heteroatoms. The first-order valence-electron chi connectivity index (χ1n) is 6.00. The van der Waals surface area contributed by atoms with E-state index in [9.17, 15) is 14.7 Å². The van der Waals surface area contributed by atoms with Gasteiger partial charge in [0.05, 0.1) is 12.5 Å². The number of para-hydroxylation sites is 1. The molecule has 0 saturated heterocycles. The SMILES string of the molecule is CONc1nc2c(=O)c3ccccc3oc2cc1C(=O)O. The van der Waals surface area contributed by atoms with Gasteiger partial charge in [-0.1, -0.05) is 12.1 Å². The smallest absolute Gasteiger partial charge is 0.339 e. The number of carboxylic acids is 1. The van der Waals surface area contributed by atoms with Gasteiger partial charge < -0.3 is 9.52 Å². The van der Waals surface area contributed by atoms with Crippen LogP contribution in [-0.4, -0.2) is 23.2 Å². The lowest BCUT2D eigenvalue weighted by molar-refractivity contribution is 0.0696. The number of aromatic nitrogens is 1. The van der Waals surface area contributed by atoms with Crippen LogP contribution in [0.5, 0.6) is 0 Å². The van der Waals surface area contributed by atoms with Crippen LogP contribution >= 0.6 is 0 Å². The van der Waals surface area contributed by atoms with Crippen LogP contribution in [0.15, 0.2) is 39.5 Å². The number of hydrogen-bond donors (Lipinski definition) is 2. The standard InChI is InChI=1S/C14H10N2O5/c1-20-16-13-8(14(18)19)6-10-11(15-13)12(17)7-4-2-3-5-9(7)21-10/h2-6H,1H3,(H,15,16)(H,18,19). The molecular formula is C14H10N2O5. The van der Waals surface area contributed by atoms with Crippen LogP contribution in [0.4, 0.5) is 5.82 Å². The normalized spacial score (nSPS) is 10.9. The number of fused-ring (bicyclic) bond motifs is 2. The fourth-order valence-corrected chi connectivity index (χ4v) is 2.06. The fourth-order valence-electron chi connectivity index (χ4n) is 2.06. The van der Waals surface area contributed by atoms with Crippen molar-refractivity contribution in [2.45, 2.75) is 0 Å². The Hall–Kier alpha value is -2.93. The van der Waals surface area contributed by atoms with Gasteiger partial charge in [0.15, 0.2) is 16.9 Å². The summed E-state index contributed by atoms with van der Waals surface area (Å²) in [5, 5.41) is 9.56. The molecule has 3 aromatic rings. The van der Waals surface area contributed by atoms with Crippen LogP contribution in [-0.2, 0) is 4.84 Å². The number of nitrogens with one attached hydrogen (secondary N) is 1. The minimum atomic E-state index is -1.21. The molecule has 2 N–H and O–H groups in total. The fraction of sp³-hybridized carbons (Fsp3) is 0.0714. The predicted molar refractivity (Wildman–Crippen MR) is 75.4 cm³/mol. The second-order valence-corrected chi connectivity index (χ2v) is 4.27. The Morgan fingerprint density at radius 1 is 1.33 bits per heavy atom. The Labute approximate surface area is 117 Å². The summed E-state index contributed by atoms with van der Waals surface area (Å²) < 4.78 is 5.56. The molecule has 7 nitrogen and oxygen atoms in total. The van der Waals surface area contributed by atoms with Crippen molar-refractivity contribution in [3.8, 4) is 0 Å². The lowest BCUT2D eigenvalue weighted by Crippen LogP contribution is -2.11. The average molecular weight is 286 g/mol. The minimum absolute atomic E-state index is 0.0400. The molecular weight excluding hydrogens is 276 g/mol. The molecule has 0 amide bonds. The highest BCUT2D eigenvalue weighted by molar-refractivity contribution is 5.98. The molecule has 3 rings (SSSR count). The van der Waals surface area contributed by atoms with E-state index in [2.05, 4.69) is 15.3 Å². The molecule has 0 atom stereocenters. The van der Waals surface area contributed by atoms with Crippen molar-refractivity contribution in [1.29, 1.82) is 0 Å². The average Bonchev–Trinajstić information content (AvgIpc) is 2.48. The topological polar surface area (TPSA) is 102 Å². The lowest BCUT2D eigenvalue weighted by atomic mass is 10.2. The molecule has 2 heterocycles. The van der Waals surface area contributed by atoms with E-state index >= 15 is 0 Å². The number of nitrogens with zero attached hydrogens (tertiary/aromatic N) is 1. The molecule has 0 aliphatic rings. The van der Waals surface area contributed by atoms with Gasteiger partial charge in [0.25, 0.3) is 0 Å². The van der Waals surface area contributed by atoms with Crippen molar-refractivity contribution in [3.63, 3.8) is 0 Å². The van der Waals surface area contributed by atoms with E-state index in [1.54, 1.807) is 24.3 Å². The van der Waals surface area contributed by atoms with Gasteiger partial charge in [0.2, 0.25) is 5.43 Å². The van der Waals surface area contributed by atoms with Crippen LogP contribution in [0.1, 0.15) is 10.4 Å². The molecule has 0 spiro atoms. The van der Waals surface area contributed by atoms with Gasteiger partial charge in [-0.25, -0.2) is 15.3 Å². The van der Waals surface area contributed by atoms with Crippen molar-refractivity contribution >= 4 is 33.9 Å². The van der Waals surface area contributed by atoms with Crippen molar-refractivity contribution in [3.05, 3.63) is 46.1 Å². The highest BCUT2D eigenvalue weighted by Crippen LogP contribution is 2.22. The molecule has 0 aliphatic carbocycles. The lowest BCUT2D eigenvalue weighted by Gasteiger charge is -2.08. The number of benzene rings is 1. The van der Waals surface area contributed by atoms with Crippen LogP contribution in [0.25, 0.3) is 22.1 Å². The van der Waals surface area contributed by atoms with Gasteiger partial charge >= 0.3 is 5.97 Å². The Morgan fingerprint density at radius 2 is 2.10 bits per heavy atom. The van der Waals surface area contributed by atoms with E-state index in [4.69, 9.17) is 4.42 Å². The minimum Gasteiger partial charge on any atom is -0.478 e. The molecule has 0 bridgehead atoms. The third-order valence-corrected chi connectivity index (χ3v) is 2.98. The Balaban J connectivity index is 2.43. The number of carbonyl (C=O) groups is 1. The van der Waals surface area contributed by atoms with Crippen LogP contribution < -0.4 is 10.9 Å². The Kier molecular flexibility index (Phi) is 3.03. The maximum atomic E-state index is 12.4. The van der Waals surface area contributed by atoms with E-state index in [-0.39, 0.29) is 27.9 Å². The van der Waals surface area contributed by atoms with Gasteiger partial charge in [0.1, 0.15) is 11.1 Å². The number of hydrogen-bond acceptors (Lipinski definition) is 6. The first-order chi connectivity index (χ1) is 10.1. The first-order valence-corrected chi connectivity index (χ1v) is 6.00. The summed E-state index contributed by atoms with van der Waals surface area (Å²) in [6.07, 6.45) is 0. The summed E-state index contributed by atoms with van der Waals surface area (Å²) in [5.41, 5.74) is 2.40. The predicted octanol–water partition coefficient (Wildman–Crippen LogP) is 2.01. The third kappa shape index (κ3) is 2.09. The third-order valence-electron chi connectivity index (χ3n) is 2.98. The summed E-state index contributed by atoms with van der Waals surface area (Å²) >= 11 is 0. The molecule has 2 aromatic heterocycles. The van der Waals surface area contributed by atoms with Crippen molar-refractivity contribution in [1.82, 2.24) is 4.98 Å². The zero-order valence-electron chi connectivity index (χ0n) is 10.9. The second-order valence-electron chi connectivity index (χ2n) is 4.27. The number of pyridine rings is 1. The molecule has 21 heavy (non-hydrogen) atoms. The number of aromatic carboxylic acids is 1. The Bertz CT molecular complexity index is 916. The second kappa shape index (κ2) is 4.88. The quantitative estimate of drug-likeness (QED) is 0.561. The highest BCUT2D eigenvalue weighted by Gasteiger charge is 2.17. The zero-order valence-corrected chi connectivity index (χ0v) is 10.9.